The number of nitrogens with zero attached hydrogens (tertiary/aromatic N) is 1. The molecule has 2 rings (SSSR count). The van der Waals surface area contributed by atoms with Gasteiger partial charge in [-0.1, -0.05) is 60.1 Å². The Morgan fingerprint density at radius 2 is 1.67 bits per heavy atom. The Morgan fingerprint density at radius 3 is 2.33 bits per heavy atom. The summed E-state index contributed by atoms with van der Waals surface area (Å²) in [4.78, 5) is 0. The summed E-state index contributed by atoms with van der Waals surface area (Å²) in [5, 5.41) is 1.77. The Labute approximate surface area is 130 Å². The smallest absolute Gasteiger partial charge is 0.208 e. The van der Waals surface area contributed by atoms with E-state index in [1.54, 1.807) is 12.1 Å². The van der Waals surface area contributed by atoms with Crippen molar-refractivity contribution in [2.75, 3.05) is 7.05 Å². The van der Waals surface area contributed by atoms with Crippen LogP contribution in [0.25, 0.3) is 6.08 Å². The summed E-state index contributed by atoms with van der Waals surface area (Å²) in [6.07, 6.45) is 1.58. The minimum Gasteiger partial charge on any atom is -0.208 e. The second kappa shape index (κ2) is 6.89. The third-order valence-corrected chi connectivity index (χ3v) is 4.86. The Balaban J connectivity index is 2.12. The summed E-state index contributed by atoms with van der Waals surface area (Å²) >= 11 is 6.05. The lowest BCUT2D eigenvalue weighted by Crippen LogP contribution is -2.24. The van der Waals surface area contributed by atoms with Gasteiger partial charge in [-0.15, -0.1) is 0 Å². The van der Waals surface area contributed by atoms with Gasteiger partial charge in [0.2, 0.25) is 10.0 Å². The standard InChI is InChI=1S/C16H16ClNO2S/c1-18(13-15-9-5-6-10-16(15)17)21(19,20)12-11-14-7-3-2-4-8-14/h2-12H,13H2,1H3/b12-11+. The summed E-state index contributed by atoms with van der Waals surface area (Å²) < 4.78 is 25.7. The zero-order chi connectivity index (χ0) is 15.3. The zero-order valence-corrected chi connectivity index (χ0v) is 13.2. The van der Waals surface area contributed by atoms with Crippen molar-refractivity contribution in [1.82, 2.24) is 4.31 Å². The van der Waals surface area contributed by atoms with Gasteiger partial charge in [0, 0.05) is 24.0 Å². The maximum absolute atomic E-state index is 12.2. The molecule has 0 aromatic heterocycles. The van der Waals surface area contributed by atoms with Crippen molar-refractivity contribution in [3.8, 4) is 0 Å². The average molecular weight is 322 g/mol. The van der Waals surface area contributed by atoms with Gasteiger partial charge >= 0.3 is 0 Å². The van der Waals surface area contributed by atoms with Crippen LogP contribution < -0.4 is 0 Å². The summed E-state index contributed by atoms with van der Waals surface area (Å²) in [6, 6.07) is 16.5. The Morgan fingerprint density at radius 1 is 1.05 bits per heavy atom. The van der Waals surface area contributed by atoms with Crippen LogP contribution >= 0.6 is 11.6 Å². The average Bonchev–Trinajstić information content (AvgIpc) is 2.48. The minimum atomic E-state index is -3.48. The molecule has 0 aliphatic carbocycles. The van der Waals surface area contributed by atoms with Crippen molar-refractivity contribution in [1.29, 1.82) is 0 Å². The van der Waals surface area contributed by atoms with E-state index in [9.17, 15) is 8.42 Å². The molecule has 2 aromatic rings. The van der Waals surface area contributed by atoms with Crippen LogP contribution in [-0.4, -0.2) is 19.8 Å². The quantitative estimate of drug-likeness (QED) is 0.840. The van der Waals surface area contributed by atoms with Crippen molar-refractivity contribution in [2.45, 2.75) is 6.54 Å². The molecule has 0 atom stereocenters. The van der Waals surface area contributed by atoms with E-state index in [0.29, 0.717) is 5.02 Å². The molecule has 0 spiro atoms. The summed E-state index contributed by atoms with van der Waals surface area (Å²) in [5.41, 5.74) is 1.62. The molecule has 0 saturated carbocycles. The van der Waals surface area contributed by atoms with Crippen LogP contribution in [0.3, 0.4) is 0 Å². The first-order valence-corrected chi connectivity index (χ1v) is 8.30. The van der Waals surface area contributed by atoms with Gasteiger partial charge in [0.1, 0.15) is 0 Å². The Hall–Kier alpha value is -1.62. The van der Waals surface area contributed by atoms with Gasteiger partial charge in [0.25, 0.3) is 0 Å². The number of hydrogen-bond donors (Lipinski definition) is 0. The molecule has 0 unspecified atom stereocenters. The molecular formula is C16H16ClNO2S. The molecule has 21 heavy (non-hydrogen) atoms. The topological polar surface area (TPSA) is 37.4 Å². The lowest BCUT2D eigenvalue weighted by atomic mass is 10.2. The number of sulfonamides is 1. The first-order valence-electron chi connectivity index (χ1n) is 6.42. The van der Waals surface area contributed by atoms with Crippen LogP contribution in [0.5, 0.6) is 0 Å². The normalized spacial score (nSPS) is 12.1. The van der Waals surface area contributed by atoms with Crippen molar-refractivity contribution < 1.29 is 8.42 Å². The predicted molar refractivity (Wildman–Crippen MR) is 87.3 cm³/mol. The van der Waals surface area contributed by atoms with E-state index in [-0.39, 0.29) is 6.54 Å². The number of benzene rings is 2. The van der Waals surface area contributed by atoms with E-state index in [4.69, 9.17) is 11.6 Å². The Kier molecular flexibility index (Phi) is 5.17. The molecule has 0 aliphatic rings. The summed E-state index contributed by atoms with van der Waals surface area (Å²) in [7, 11) is -1.94. The summed E-state index contributed by atoms with van der Waals surface area (Å²) in [5.74, 6) is 0. The van der Waals surface area contributed by atoms with Crippen LogP contribution in [0.4, 0.5) is 0 Å². The minimum absolute atomic E-state index is 0.237. The highest BCUT2D eigenvalue weighted by Gasteiger charge is 2.15. The van der Waals surface area contributed by atoms with Gasteiger partial charge in [-0.05, 0) is 23.3 Å². The predicted octanol–water partition coefficient (Wildman–Crippen LogP) is 3.77. The maximum atomic E-state index is 12.2. The fraction of sp³-hybridized carbons (Fsp3) is 0.125. The van der Waals surface area contributed by atoms with Gasteiger partial charge in [0.15, 0.2) is 0 Å². The zero-order valence-electron chi connectivity index (χ0n) is 11.6. The number of halogens is 1. The van der Waals surface area contributed by atoms with E-state index in [1.165, 1.54) is 16.8 Å². The fourth-order valence-corrected chi connectivity index (χ4v) is 2.84. The molecule has 0 radical (unpaired) electrons. The first kappa shape index (κ1) is 15.8. The highest BCUT2D eigenvalue weighted by molar-refractivity contribution is 7.92. The Bertz CT molecular complexity index is 727. The molecule has 0 saturated heterocycles. The highest BCUT2D eigenvalue weighted by Crippen LogP contribution is 2.18. The molecular weight excluding hydrogens is 306 g/mol. The van der Waals surface area contributed by atoms with Gasteiger partial charge in [0.05, 0.1) is 0 Å². The molecule has 0 bridgehead atoms. The molecule has 110 valence electrons. The van der Waals surface area contributed by atoms with Crippen molar-refractivity contribution in [3.05, 3.63) is 76.2 Å². The molecule has 0 fully saturated rings. The second-order valence-corrected chi connectivity index (χ2v) is 6.94. The van der Waals surface area contributed by atoms with E-state index in [2.05, 4.69) is 0 Å². The molecule has 0 N–H and O–H groups in total. The van der Waals surface area contributed by atoms with Crippen LogP contribution in [0, 0.1) is 0 Å². The van der Waals surface area contributed by atoms with E-state index < -0.39 is 10.0 Å². The van der Waals surface area contributed by atoms with Gasteiger partial charge in [-0.25, -0.2) is 8.42 Å². The molecule has 5 heteroatoms. The molecule has 0 amide bonds. The molecule has 3 nitrogen and oxygen atoms in total. The van der Waals surface area contributed by atoms with Crippen LogP contribution in [0.2, 0.25) is 5.02 Å². The van der Waals surface area contributed by atoms with E-state index >= 15 is 0 Å². The SMILES string of the molecule is CN(Cc1ccccc1Cl)S(=O)(=O)/C=C/c1ccccc1. The monoisotopic (exact) mass is 321 g/mol. The largest absolute Gasteiger partial charge is 0.236 e. The van der Waals surface area contributed by atoms with Crippen molar-refractivity contribution in [2.24, 2.45) is 0 Å². The lowest BCUT2D eigenvalue weighted by molar-refractivity contribution is 0.475. The van der Waals surface area contributed by atoms with Crippen LogP contribution in [0.15, 0.2) is 60.0 Å². The van der Waals surface area contributed by atoms with Crippen LogP contribution in [0.1, 0.15) is 11.1 Å². The fourth-order valence-electron chi connectivity index (χ4n) is 1.79. The van der Waals surface area contributed by atoms with Gasteiger partial charge in [-0.2, -0.15) is 4.31 Å². The number of hydrogen-bond acceptors (Lipinski definition) is 2. The lowest BCUT2D eigenvalue weighted by Gasteiger charge is -2.15. The maximum Gasteiger partial charge on any atom is 0.236 e. The molecule has 2 aromatic carbocycles. The third kappa shape index (κ3) is 4.43. The van der Waals surface area contributed by atoms with Crippen molar-refractivity contribution >= 4 is 27.7 Å². The highest BCUT2D eigenvalue weighted by atomic mass is 35.5. The first-order chi connectivity index (χ1) is 9.99. The molecule has 0 aliphatic heterocycles. The van der Waals surface area contributed by atoms with E-state index in [1.807, 2.05) is 48.5 Å². The van der Waals surface area contributed by atoms with Gasteiger partial charge < -0.3 is 0 Å². The van der Waals surface area contributed by atoms with Gasteiger partial charge in [-0.3, -0.25) is 0 Å². The van der Waals surface area contributed by atoms with E-state index in [0.717, 1.165) is 11.1 Å². The van der Waals surface area contributed by atoms with Crippen molar-refractivity contribution in [3.63, 3.8) is 0 Å². The molecule has 0 heterocycles. The second-order valence-electron chi connectivity index (χ2n) is 4.61. The summed E-state index contributed by atoms with van der Waals surface area (Å²) in [6.45, 7) is 0.237. The third-order valence-electron chi connectivity index (χ3n) is 3.02. The van der Waals surface area contributed by atoms with Crippen LogP contribution in [-0.2, 0) is 16.6 Å². The number of rotatable bonds is 5.